The molecule has 136 valence electrons. The number of esters is 1. The molecule has 0 spiro atoms. The summed E-state index contributed by atoms with van der Waals surface area (Å²) in [6.45, 7) is 6.94. The van der Waals surface area contributed by atoms with Crippen LogP contribution >= 0.6 is 0 Å². The summed E-state index contributed by atoms with van der Waals surface area (Å²) < 4.78 is 11.0. The number of carbonyl (C=O) groups excluding carboxylic acids is 1. The minimum Gasteiger partial charge on any atom is -0.493 e. The first-order valence-electron chi connectivity index (χ1n) is 9.38. The summed E-state index contributed by atoms with van der Waals surface area (Å²) in [7, 11) is 1.42. The van der Waals surface area contributed by atoms with Crippen molar-refractivity contribution in [2.24, 2.45) is 5.41 Å². The highest BCUT2D eigenvalue weighted by atomic mass is 16.5. The number of hydrogen-bond donors (Lipinski definition) is 1. The van der Waals surface area contributed by atoms with E-state index >= 15 is 0 Å². The summed E-state index contributed by atoms with van der Waals surface area (Å²) in [5.41, 5.74) is 2.73. The fourth-order valence-corrected chi connectivity index (χ4v) is 5.92. The molecule has 3 aliphatic rings. The van der Waals surface area contributed by atoms with Gasteiger partial charge in [0, 0.05) is 17.4 Å². The van der Waals surface area contributed by atoms with Crippen molar-refractivity contribution < 1.29 is 19.4 Å². The molecule has 4 nitrogen and oxygen atoms in total. The van der Waals surface area contributed by atoms with Gasteiger partial charge in [0.15, 0.2) is 0 Å². The van der Waals surface area contributed by atoms with Gasteiger partial charge in [0.05, 0.1) is 24.7 Å². The molecule has 1 saturated carbocycles. The Morgan fingerprint density at radius 1 is 1.20 bits per heavy atom. The van der Waals surface area contributed by atoms with E-state index in [0.717, 1.165) is 38.0 Å². The molecular weight excluding hydrogens is 316 g/mol. The molecule has 0 radical (unpaired) electrons. The van der Waals surface area contributed by atoms with Crippen LogP contribution in [0.2, 0.25) is 0 Å². The van der Waals surface area contributed by atoms with Gasteiger partial charge in [-0.25, -0.2) is 0 Å². The molecule has 4 rings (SSSR count). The average Bonchev–Trinajstić information content (AvgIpc) is 3.06. The van der Waals surface area contributed by atoms with E-state index in [1.54, 1.807) is 0 Å². The van der Waals surface area contributed by atoms with Crippen LogP contribution in [-0.4, -0.2) is 30.4 Å². The minimum atomic E-state index is -1.10. The van der Waals surface area contributed by atoms with E-state index in [1.165, 1.54) is 29.4 Å². The SMILES string of the molecule is COC(=O)[C@@]1(C)CCC[C@]2(C)c3cc4c(c(C)c3CC[C@@]12O)CCO4. The Morgan fingerprint density at radius 2 is 1.96 bits per heavy atom. The second kappa shape index (κ2) is 5.23. The van der Waals surface area contributed by atoms with Gasteiger partial charge in [0.1, 0.15) is 5.75 Å². The molecule has 1 aromatic rings. The molecular formula is C21H28O4. The van der Waals surface area contributed by atoms with Crippen molar-refractivity contribution >= 4 is 5.97 Å². The number of methoxy groups -OCH3 is 1. The highest BCUT2D eigenvalue weighted by Gasteiger charge is 2.66. The van der Waals surface area contributed by atoms with Gasteiger partial charge < -0.3 is 14.6 Å². The smallest absolute Gasteiger partial charge is 0.314 e. The second-order valence-electron chi connectivity index (χ2n) is 8.47. The third kappa shape index (κ3) is 1.89. The maximum atomic E-state index is 12.7. The number of hydrogen-bond acceptors (Lipinski definition) is 4. The normalized spacial score (nSPS) is 36.0. The lowest BCUT2D eigenvalue weighted by molar-refractivity contribution is -0.198. The number of benzene rings is 1. The molecule has 1 N–H and O–H groups in total. The first-order valence-corrected chi connectivity index (χ1v) is 9.38. The van der Waals surface area contributed by atoms with E-state index in [2.05, 4.69) is 19.9 Å². The zero-order valence-electron chi connectivity index (χ0n) is 15.7. The molecule has 0 saturated heterocycles. The first-order chi connectivity index (χ1) is 11.8. The highest BCUT2D eigenvalue weighted by Crippen LogP contribution is 2.61. The zero-order chi connectivity index (χ0) is 18.0. The number of aliphatic hydroxyl groups is 1. The van der Waals surface area contributed by atoms with Crippen molar-refractivity contribution in [1.82, 2.24) is 0 Å². The van der Waals surface area contributed by atoms with Crippen LogP contribution in [0.15, 0.2) is 6.07 Å². The van der Waals surface area contributed by atoms with Crippen LogP contribution in [0.3, 0.4) is 0 Å². The molecule has 4 heteroatoms. The van der Waals surface area contributed by atoms with Crippen LogP contribution in [-0.2, 0) is 27.8 Å². The van der Waals surface area contributed by atoms with E-state index in [9.17, 15) is 9.90 Å². The Labute approximate surface area is 149 Å². The number of rotatable bonds is 1. The Hall–Kier alpha value is -1.55. The first kappa shape index (κ1) is 16.9. The predicted octanol–water partition coefficient (Wildman–Crippen LogP) is 3.23. The van der Waals surface area contributed by atoms with Crippen molar-refractivity contribution in [3.8, 4) is 5.75 Å². The van der Waals surface area contributed by atoms with Gasteiger partial charge in [-0.2, -0.15) is 0 Å². The van der Waals surface area contributed by atoms with E-state index in [-0.39, 0.29) is 5.97 Å². The molecule has 0 aromatic heterocycles. The van der Waals surface area contributed by atoms with Crippen LogP contribution in [0.1, 0.15) is 61.8 Å². The van der Waals surface area contributed by atoms with Gasteiger partial charge in [-0.05, 0) is 62.3 Å². The van der Waals surface area contributed by atoms with E-state index in [0.29, 0.717) is 12.8 Å². The van der Waals surface area contributed by atoms with Crippen molar-refractivity contribution in [2.45, 2.75) is 70.3 Å². The quantitative estimate of drug-likeness (QED) is 0.795. The van der Waals surface area contributed by atoms with Gasteiger partial charge in [0.2, 0.25) is 0 Å². The van der Waals surface area contributed by atoms with E-state index in [4.69, 9.17) is 9.47 Å². The Balaban J connectivity index is 1.93. The van der Waals surface area contributed by atoms with Crippen molar-refractivity contribution in [3.05, 3.63) is 28.3 Å². The zero-order valence-corrected chi connectivity index (χ0v) is 15.7. The van der Waals surface area contributed by atoms with Crippen molar-refractivity contribution in [3.63, 3.8) is 0 Å². The van der Waals surface area contributed by atoms with Gasteiger partial charge in [-0.15, -0.1) is 0 Å². The predicted molar refractivity (Wildman–Crippen MR) is 95.0 cm³/mol. The second-order valence-corrected chi connectivity index (χ2v) is 8.47. The molecule has 2 aliphatic carbocycles. The average molecular weight is 344 g/mol. The fourth-order valence-electron chi connectivity index (χ4n) is 5.92. The molecule has 1 aliphatic heterocycles. The molecule has 0 amide bonds. The molecule has 0 bridgehead atoms. The Morgan fingerprint density at radius 3 is 2.68 bits per heavy atom. The van der Waals surface area contributed by atoms with Gasteiger partial charge in [0.25, 0.3) is 0 Å². The topological polar surface area (TPSA) is 55.8 Å². The number of fused-ring (bicyclic) bond motifs is 4. The van der Waals surface area contributed by atoms with Crippen molar-refractivity contribution in [1.29, 1.82) is 0 Å². The molecule has 25 heavy (non-hydrogen) atoms. The molecule has 1 heterocycles. The lowest BCUT2D eigenvalue weighted by Gasteiger charge is -2.60. The standard InChI is InChI=1S/C21H28O4/c1-13-14-6-10-21(23)19(2,8-5-9-20(21,3)18(22)24-4)16(14)12-17-15(13)7-11-25-17/h12,23H,5-11H2,1-4H3/t19-,20-,21+/m1/s1. The number of carbonyl (C=O) groups is 1. The molecule has 1 fully saturated rings. The Bertz CT molecular complexity index is 755. The van der Waals surface area contributed by atoms with Crippen LogP contribution in [0.4, 0.5) is 0 Å². The number of ether oxygens (including phenoxy) is 2. The minimum absolute atomic E-state index is 0.293. The largest absolute Gasteiger partial charge is 0.493 e. The van der Waals surface area contributed by atoms with Gasteiger partial charge in [-0.3, -0.25) is 4.79 Å². The van der Waals surface area contributed by atoms with Gasteiger partial charge in [-0.1, -0.05) is 13.3 Å². The molecule has 0 unspecified atom stereocenters. The summed E-state index contributed by atoms with van der Waals surface area (Å²) in [5, 5.41) is 11.9. The van der Waals surface area contributed by atoms with Crippen molar-refractivity contribution in [2.75, 3.05) is 13.7 Å². The van der Waals surface area contributed by atoms with Gasteiger partial charge >= 0.3 is 5.97 Å². The Kier molecular flexibility index (Phi) is 3.53. The van der Waals surface area contributed by atoms with E-state index in [1.807, 2.05) is 6.92 Å². The monoisotopic (exact) mass is 344 g/mol. The molecule has 1 aromatic carbocycles. The lowest BCUT2D eigenvalue weighted by atomic mass is 9.46. The summed E-state index contributed by atoms with van der Waals surface area (Å²) in [4.78, 5) is 12.7. The highest BCUT2D eigenvalue weighted by molar-refractivity contribution is 5.79. The maximum absolute atomic E-state index is 12.7. The summed E-state index contributed by atoms with van der Waals surface area (Å²) in [6.07, 6.45) is 4.81. The fraction of sp³-hybridized carbons (Fsp3) is 0.667. The summed E-state index contributed by atoms with van der Waals surface area (Å²) in [5.74, 6) is 0.672. The summed E-state index contributed by atoms with van der Waals surface area (Å²) >= 11 is 0. The van der Waals surface area contributed by atoms with Crippen LogP contribution in [0.25, 0.3) is 0 Å². The molecule has 3 atom stereocenters. The van der Waals surface area contributed by atoms with E-state index < -0.39 is 16.4 Å². The van der Waals surface area contributed by atoms with Crippen LogP contribution in [0.5, 0.6) is 5.75 Å². The third-order valence-electron chi connectivity index (χ3n) is 7.56. The summed E-state index contributed by atoms with van der Waals surface area (Å²) in [6, 6.07) is 2.15. The van der Waals surface area contributed by atoms with Crippen LogP contribution in [0, 0.1) is 12.3 Å². The maximum Gasteiger partial charge on any atom is 0.314 e. The lowest BCUT2D eigenvalue weighted by Crippen LogP contribution is -2.67. The van der Waals surface area contributed by atoms with Crippen LogP contribution < -0.4 is 4.74 Å². The third-order valence-corrected chi connectivity index (χ3v) is 7.56.